The largest absolute Gasteiger partial charge is 0.356 e. The topological polar surface area (TPSA) is 77.0 Å². The monoisotopic (exact) mass is 245 g/mol. The Kier molecular flexibility index (Phi) is 3.12. The van der Waals surface area contributed by atoms with Crippen LogP contribution in [0.1, 0.15) is 11.4 Å². The third kappa shape index (κ3) is 2.10. The van der Waals surface area contributed by atoms with E-state index in [1.807, 2.05) is 31.2 Å². The van der Waals surface area contributed by atoms with Crippen molar-refractivity contribution in [3.8, 4) is 5.69 Å². The molecule has 0 bridgehead atoms. The van der Waals surface area contributed by atoms with Gasteiger partial charge < -0.3 is 0 Å². The van der Waals surface area contributed by atoms with Gasteiger partial charge in [-0.2, -0.15) is 9.97 Å². The Labute approximate surface area is 105 Å². The molecule has 0 aliphatic carbocycles. The Morgan fingerprint density at radius 2 is 1.89 bits per heavy atom. The van der Waals surface area contributed by atoms with E-state index in [2.05, 4.69) is 9.97 Å². The van der Waals surface area contributed by atoms with Crippen LogP contribution in [0.2, 0.25) is 0 Å². The molecule has 0 aliphatic rings. The van der Waals surface area contributed by atoms with E-state index in [9.17, 15) is 4.79 Å². The van der Waals surface area contributed by atoms with E-state index in [1.54, 1.807) is 14.0 Å². The molecule has 0 saturated heterocycles. The van der Waals surface area contributed by atoms with E-state index < -0.39 is 0 Å². The summed E-state index contributed by atoms with van der Waals surface area (Å²) in [6, 6.07) is 7.59. The van der Waals surface area contributed by atoms with Crippen molar-refractivity contribution in [3.63, 3.8) is 0 Å². The molecule has 18 heavy (non-hydrogen) atoms. The van der Waals surface area contributed by atoms with Gasteiger partial charge in [-0.15, -0.1) is 0 Å². The first-order valence-electron chi connectivity index (χ1n) is 5.53. The molecule has 1 aromatic carbocycles. The second-order valence-corrected chi connectivity index (χ2v) is 4.09. The van der Waals surface area contributed by atoms with E-state index in [-0.39, 0.29) is 11.6 Å². The summed E-state index contributed by atoms with van der Waals surface area (Å²) in [5, 5.41) is 1.22. The standard InChI is InChI=1S/C12H15N5O/c1-8-6-4-5-7-10(8)17-9(2)14-11(16(3)13)15-12(17)18/h4-7H,13H2,1-3H3. The number of anilines is 1. The van der Waals surface area contributed by atoms with Gasteiger partial charge >= 0.3 is 5.69 Å². The molecule has 1 heterocycles. The summed E-state index contributed by atoms with van der Waals surface area (Å²) >= 11 is 0. The third-order valence-electron chi connectivity index (χ3n) is 2.64. The Morgan fingerprint density at radius 3 is 2.44 bits per heavy atom. The summed E-state index contributed by atoms with van der Waals surface area (Å²) in [5.41, 5.74) is 1.38. The fourth-order valence-corrected chi connectivity index (χ4v) is 1.74. The van der Waals surface area contributed by atoms with Crippen molar-refractivity contribution < 1.29 is 0 Å². The van der Waals surface area contributed by atoms with Gasteiger partial charge in [0.05, 0.1) is 5.69 Å². The molecule has 0 fully saturated rings. The molecule has 94 valence electrons. The first-order valence-corrected chi connectivity index (χ1v) is 5.53. The van der Waals surface area contributed by atoms with Gasteiger partial charge in [-0.25, -0.2) is 15.2 Å². The highest BCUT2D eigenvalue weighted by Crippen LogP contribution is 2.12. The number of hydrogen-bond acceptors (Lipinski definition) is 5. The molecule has 0 aliphatic heterocycles. The summed E-state index contributed by atoms with van der Waals surface area (Å²) in [5.74, 6) is 6.29. The maximum absolute atomic E-state index is 12.0. The van der Waals surface area contributed by atoms with E-state index in [0.29, 0.717) is 5.82 Å². The van der Waals surface area contributed by atoms with E-state index >= 15 is 0 Å². The van der Waals surface area contributed by atoms with Gasteiger partial charge in [-0.3, -0.25) is 5.01 Å². The zero-order chi connectivity index (χ0) is 13.3. The SMILES string of the molecule is Cc1ccccc1-n1c(C)nc(N(C)N)nc1=O. The van der Waals surface area contributed by atoms with Crippen LogP contribution in [0.5, 0.6) is 0 Å². The maximum atomic E-state index is 12.0. The summed E-state index contributed by atoms with van der Waals surface area (Å²) in [6.45, 7) is 3.69. The normalized spacial score (nSPS) is 10.4. The van der Waals surface area contributed by atoms with Crippen molar-refractivity contribution in [1.82, 2.24) is 14.5 Å². The van der Waals surface area contributed by atoms with Crippen molar-refractivity contribution >= 4 is 5.95 Å². The number of hydrazine groups is 1. The van der Waals surface area contributed by atoms with Gasteiger partial charge in [0.15, 0.2) is 0 Å². The van der Waals surface area contributed by atoms with Gasteiger partial charge in [0, 0.05) is 7.05 Å². The first kappa shape index (κ1) is 12.3. The average Bonchev–Trinajstić information content (AvgIpc) is 2.30. The van der Waals surface area contributed by atoms with Crippen LogP contribution < -0.4 is 16.5 Å². The van der Waals surface area contributed by atoms with E-state index in [1.165, 1.54) is 9.58 Å². The average molecular weight is 245 g/mol. The van der Waals surface area contributed by atoms with E-state index in [4.69, 9.17) is 5.84 Å². The number of nitrogens with two attached hydrogens (primary N) is 1. The fraction of sp³-hybridized carbons (Fsp3) is 0.250. The molecule has 0 amide bonds. The minimum absolute atomic E-state index is 0.210. The minimum Gasteiger partial charge on any atom is -0.282 e. The van der Waals surface area contributed by atoms with Gasteiger partial charge in [0.25, 0.3) is 0 Å². The lowest BCUT2D eigenvalue weighted by atomic mass is 10.2. The van der Waals surface area contributed by atoms with Crippen LogP contribution in [0.15, 0.2) is 29.1 Å². The van der Waals surface area contributed by atoms with Crippen LogP contribution in [0.3, 0.4) is 0 Å². The molecule has 2 rings (SSSR count). The van der Waals surface area contributed by atoms with Gasteiger partial charge in [0.2, 0.25) is 5.95 Å². The molecule has 2 aromatic rings. The van der Waals surface area contributed by atoms with Crippen LogP contribution in [0.4, 0.5) is 5.95 Å². The zero-order valence-corrected chi connectivity index (χ0v) is 10.6. The molecule has 6 nitrogen and oxygen atoms in total. The van der Waals surface area contributed by atoms with Crippen LogP contribution in [0.25, 0.3) is 5.69 Å². The van der Waals surface area contributed by atoms with Gasteiger partial charge in [-0.1, -0.05) is 18.2 Å². The molecule has 6 heteroatoms. The minimum atomic E-state index is -0.385. The van der Waals surface area contributed by atoms with Crippen molar-refractivity contribution in [3.05, 3.63) is 46.1 Å². The molecule has 2 N–H and O–H groups in total. The predicted molar refractivity (Wildman–Crippen MR) is 69.7 cm³/mol. The van der Waals surface area contributed by atoms with Crippen LogP contribution in [0, 0.1) is 13.8 Å². The fourth-order valence-electron chi connectivity index (χ4n) is 1.74. The Bertz CT molecular complexity index is 633. The number of aromatic nitrogens is 3. The van der Waals surface area contributed by atoms with Crippen LogP contribution in [-0.2, 0) is 0 Å². The van der Waals surface area contributed by atoms with Crippen LogP contribution in [-0.4, -0.2) is 21.6 Å². The summed E-state index contributed by atoms with van der Waals surface area (Å²) in [7, 11) is 1.59. The molecule has 0 unspecified atom stereocenters. The van der Waals surface area contributed by atoms with E-state index in [0.717, 1.165) is 11.3 Å². The first-order chi connectivity index (χ1) is 8.50. The number of benzene rings is 1. The summed E-state index contributed by atoms with van der Waals surface area (Å²) < 4.78 is 1.47. The quantitative estimate of drug-likeness (QED) is 0.617. The number of para-hydroxylation sites is 1. The third-order valence-corrected chi connectivity index (χ3v) is 2.64. The lowest BCUT2D eigenvalue weighted by Crippen LogP contribution is -2.33. The highest BCUT2D eigenvalue weighted by atomic mass is 16.1. The van der Waals surface area contributed by atoms with Gasteiger partial charge in [0.1, 0.15) is 5.82 Å². The van der Waals surface area contributed by atoms with Crippen LogP contribution >= 0.6 is 0 Å². The molecule has 0 spiro atoms. The molecule has 0 atom stereocenters. The molecular weight excluding hydrogens is 230 g/mol. The Hall–Kier alpha value is -2.21. The smallest absolute Gasteiger partial charge is 0.282 e. The molecular formula is C12H15N5O. The second kappa shape index (κ2) is 4.58. The molecule has 0 radical (unpaired) electrons. The van der Waals surface area contributed by atoms with Crippen molar-refractivity contribution in [2.75, 3.05) is 12.1 Å². The number of rotatable bonds is 2. The van der Waals surface area contributed by atoms with Crippen molar-refractivity contribution in [2.45, 2.75) is 13.8 Å². The summed E-state index contributed by atoms with van der Waals surface area (Å²) in [6.07, 6.45) is 0. The number of hydrogen-bond donors (Lipinski definition) is 1. The number of nitrogens with zero attached hydrogens (tertiary/aromatic N) is 4. The molecule has 1 aromatic heterocycles. The maximum Gasteiger partial charge on any atom is 0.356 e. The predicted octanol–water partition coefficient (Wildman–Crippen LogP) is 0.554. The van der Waals surface area contributed by atoms with Gasteiger partial charge in [-0.05, 0) is 25.5 Å². The number of aryl methyl sites for hydroxylation is 2. The zero-order valence-electron chi connectivity index (χ0n) is 10.6. The highest BCUT2D eigenvalue weighted by molar-refractivity contribution is 5.41. The summed E-state index contributed by atoms with van der Waals surface area (Å²) in [4.78, 5) is 20.1. The lowest BCUT2D eigenvalue weighted by Gasteiger charge is -2.14. The molecule has 0 saturated carbocycles. The highest BCUT2D eigenvalue weighted by Gasteiger charge is 2.11. The van der Waals surface area contributed by atoms with Crippen molar-refractivity contribution in [2.24, 2.45) is 5.84 Å². The lowest BCUT2D eigenvalue weighted by molar-refractivity contribution is 0.778. The second-order valence-electron chi connectivity index (χ2n) is 4.09. The Balaban J connectivity index is 2.67. The van der Waals surface area contributed by atoms with Crippen molar-refractivity contribution in [1.29, 1.82) is 0 Å². The Morgan fingerprint density at radius 1 is 1.22 bits per heavy atom.